The Balaban J connectivity index is 3.12. The molecule has 0 amide bonds. The third kappa shape index (κ3) is 2.94. The second-order valence-corrected chi connectivity index (χ2v) is 3.91. The van der Waals surface area contributed by atoms with Crippen molar-refractivity contribution in [3.05, 3.63) is 27.7 Å². The lowest BCUT2D eigenvalue weighted by molar-refractivity contribution is 0.549. The summed E-state index contributed by atoms with van der Waals surface area (Å²) >= 11 is 0. The lowest BCUT2D eigenvalue weighted by Gasteiger charge is -1.95. The van der Waals surface area contributed by atoms with E-state index >= 15 is 0 Å². The van der Waals surface area contributed by atoms with Crippen molar-refractivity contribution in [2.45, 2.75) is 12.7 Å². The highest BCUT2D eigenvalue weighted by molar-refractivity contribution is 7.85. The highest BCUT2D eigenvalue weighted by Gasteiger charge is 2.13. The molecule has 0 radical (unpaired) electrons. The molecule has 1 N–H and O–H groups in total. The standard InChI is InChI=1S/C6H7FN2O3S/c1-4-2-6(10)5(9-8-4)3-13(7,11)12/h2H,3H2,1H3,(H,8,10). The maximum atomic E-state index is 12.1. The number of rotatable bonds is 2. The van der Waals surface area contributed by atoms with Gasteiger partial charge in [0, 0.05) is 11.8 Å². The maximum absolute atomic E-state index is 12.1. The predicted octanol–water partition coefficient (Wildman–Crippen LogP) is -0.122. The summed E-state index contributed by atoms with van der Waals surface area (Å²) in [6.07, 6.45) is 0. The molecule has 0 unspecified atom stereocenters. The zero-order valence-corrected chi connectivity index (χ0v) is 7.56. The molecule has 0 atom stereocenters. The van der Waals surface area contributed by atoms with E-state index in [9.17, 15) is 17.1 Å². The topological polar surface area (TPSA) is 79.9 Å². The molecule has 72 valence electrons. The van der Waals surface area contributed by atoms with Gasteiger partial charge in [-0.15, -0.1) is 3.89 Å². The Kier molecular flexibility index (Phi) is 2.46. The number of H-pyrrole nitrogens is 1. The van der Waals surface area contributed by atoms with Crippen molar-refractivity contribution in [3.63, 3.8) is 0 Å². The van der Waals surface area contributed by atoms with Crippen molar-refractivity contribution in [2.75, 3.05) is 0 Å². The summed E-state index contributed by atoms with van der Waals surface area (Å²) in [4.78, 5) is 11.0. The molecular weight excluding hydrogens is 199 g/mol. The van der Waals surface area contributed by atoms with Crippen LogP contribution in [0.3, 0.4) is 0 Å². The third-order valence-electron chi connectivity index (χ3n) is 1.31. The van der Waals surface area contributed by atoms with Crippen molar-refractivity contribution in [2.24, 2.45) is 0 Å². The molecule has 0 saturated carbocycles. The van der Waals surface area contributed by atoms with Gasteiger partial charge in [0.05, 0.1) is 0 Å². The number of nitrogens with zero attached hydrogens (tertiary/aromatic N) is 1. The molecule has 1 aromatic heterocycles. The van der Waals surface area contributed by atoms with Gasteiger partial charge in [-0.3, -0.25) is 9.89 Å². The van der Waals surface area contributed by atoms with E-state index in [0.29, 0.717) is 5.69 Å². The summed E-state index contributed by atoms with van der Waals surface area (Å²) < 4.78 is 32.5. The molecule has 0 fully saturated rings. The summed E-state index contributed by atoms with van der Waals surface area (Å²) in [7, 11) is -4.70. The maximum Gasteiger partial charge on any atom is 0.308 e. The Hall–Kier alpha value is -1.24. The van der Waals surface area contributed by atoms with Gasteiger partial charge in [0.1, 0.15) is 11.4 Å². The molecule has 1 rings (SSSR count). The van der Waals surface area contributed by atoms with Gasteiger partial charge in [0.15, 0.2) is 0 Å². The van der Waals surface area contributed by atoms with E-state index in [2.05, 4.69) is 10.2 Å². The van der Waals surface area contributed by atoms with Gasteiger partial charge < -0.3 is 0 Å². The number of halogens is 1. The fraction of sp³-hybridized carbons (Fsp3) is 0.333. The minimum Gasteiger partial charge on any atom is -0.288 e. The SMILES string of the molecule is Cc1cc(=O)c(CS(=O)(=O)F)n[nH]1. The molecule has 0 aromatic carbocycles. The molecule has 0 aliphatic heterocycles. The average molecular weight is 206 g/mol. The second kappa shape index (κ2) is 3.25. The first-order valence-electron chi connectivity index (χ1n) is 3.36. The van der Waals surface area contributed by atoms with Crippen molar-refractivity contribution < 1.29 is 12.3 Å². The van der Waals surface area contributed by atoms with Crippen LogP contribution in [0.25, 0.3) is 0 Å². The Labute approximate surface area is 73.8 Å². The van der Waals surface area contributed by atoms with Crippen molar-refractivity contribution in [1.82, 2.24) is 10.2 Å². The quantitative estimate of drug-likeness (QED) is 0.684. The highest BCUT2D eigenvalue weighted by Crippen LogP contribution is 1.98. The number of aryl methyl sites for hydroxylation is 1. The summed E-state index contributed by atoms with van der Waals surface area (Å²) in [6, 6.07) is 1.16. The van der Waals surface area contributed by atoms with Crippen LogP contribution in [0.1, 0.15) is 11.4 Å². The molecule has 0 saturated heterocycles. The number of hydrogen-bond donors (Lipinski definition) is 1. The molecular formula is C6H7FN2O3S. The van der Waals surface area contributed by atoms with Crippen LogP contribution in [0.5, 0.6) is 0 Å². The van der Waals surface area contributed by atoms with Crippen LogP contribution in [0.15, 0.2) is 10.9 Å². The monoisotopic (exact) mass is 206 g/mol. The smallest absolute Gasteiger partial charge is 0.288 e. The summed E-state index contributed by atoms with van der Waals surface area (Å²) in [6.45, 7) is 1.59. The molecule has 0 aliphatic carbocycles. The van der Waals surface area contributed by atoms with Crippen LogP contribution < -0.4 is 5.43 Å². The molecule has 13 heavy (non-hydrogen) atoms. The van der Waals surface area contributed by atoms with E-state index < -0.39 is 21.4 Å². The predicted molar refractivity (Wildman–Crippen MR) is 43.3 cm³/mol. The molecule has 0 spiro atoms. The molecule has 1 aromatic rings. The van der Waals surface area contributed by atoms with Crippen LogP contribution in [0.4, 0.5) is 3.89 Å². The lowest BCUT2D eigenvalue weighted by Crippen LogP contribution is -2.15. The molecule has 5 nitrogen and oxygen atoms in total. The van der Waals surface area contributed by atoms with Gasteiger partial charge in [-0.1, -0.05) is 0 Å². The minimum atomic E-state index is -4.70. The van der Waals surface area contributed by atoms with Gasteiger partial charge >= 0.3 is 10.2 Å². The fourth-order valence-electron chi connectivity index (χ4n) is 0.790. The van der Waals surface area contributed by atoms with Crippen LogP contribution >= 0.6 is 0 Å². The van der Waals surface area contributed by atoms with Crippen LogP contribution in [0, 0.1) is 6.92 Å². The first-order valence-corrected chi connectivity index (χ1v) is 4.91. The molecule has 0 aliphatic rings. The third-order valence-corrected chi connectivity index (χ3v) is 1.93. The zero-order valence-electron chi connectivity index (χ0n) is 6.74. The van der Waals surface area contributed by atoms with Crippen molar-refractivity contribution >= 4 is 10.2 Å². The second-order valence-electron chi connectivity index (χ2n) is 2.55. The Morgan fingerprint density at radius 1 is 1.62 bits per heavy atom. The lowest BCUT2D eigenvalue weighted by atomic mass is 10.3. The number of hydrogen-bond acceptors (Lipinski definition) is 4. The van der Waals surface area contributed by atoms with Gasteiger partial charge in [0.2, 0.25) is 5.43 Å². The average Bonchev–Trinajstić information content (AvgIpc) is 1.93. The first kappa shape index (κ1) is 9.85. The van der Waals surface area contributed by atoms with Gasteiger partial charge in [-0.2, -0.15) is 13.5 Å². The van der Waals surface area contributed by atoms with Crippen molar-refractivity contribution in [3.8, 4) is 0 Å². The van der Waals surface area contributed by atoms with Crippen LogP contribution in [0.2, 0.25) is 0 Å². The van der Waals surface area contributed by atoms with Gasteiger partial charge in [-0.05, 0) is 6.92 Å². The summed E-state index contributed by atoms with van der Waals surface area (Å²) in [5, 5.41) is 5.79. The van der Waals surface area contributed by atoms with Crippen LogP contribution in [-0.4, -0.2) is 18.6 Å². The normalized spacial score (nSPS) is 11.5. The number of aromatic nitrogens is 2. The van der Waals surface area contributed by atoms with E-state index in [1.165, 1.54) is 0 Å². The van der Waals surface area contributed by atoms with E-state index in [1.54, 1.807) is 6.92 Å². The zero-order chi connectivity index (χ0) is 10.1. The Bertz CT molecular complexity index is 465. The highest BCUT2D eigenvalue weighted by atomic mass is 32.3. The van der Waals surface area contributed by atoms with E-state index in [-0.39, 0.29) is 5.69 Å². The Morgan fingerprint density at radius 3 is 2.69 bits per heavy atom. The number of aromatic amines is 1. The minimum absolute atomic E-state index is 0.340. The van der Waals surface area contributed by atoms with E-state index in [1.807, 2.05) is 0 Å². The fourth-order valence-corrected chi connectivity index (χ4v) is 1.32. The van der Waals surface area contributed by atoms with Gasteiger partial charge in [-0.25, -0.2) is 0 Å². The van der Waals surface area contributed by atoms with Crippen LogP contribution in [-0.2, 0) is 16.0 Å². The Morgan fingerprint density at radius 2 is 2.23 bits per heavy atom. The largest absolute Gasteiger partial charge is 0.308 e. The molecule has 7 heteroatoms. The van der Waals surface area contributed by atoms with E-state index in [0.717, 1.165) is 6.07 Å². The van der Waals surface area contributed by atoms with Crippen molar-refractivity contribution in [1.29, 1.82) is 0 Å². The summed E-state index contributed by atoms with van der Waals surface area (Å²) in [5.41, 5.74) is -0.435. The molecule has 0 bridgehead atoms. The summed E-state index contributed by atoms with van der Waals surface area (Å²) in [5.74, 6) is -0.984. The van der Waals surface area contributed by atoms with Gasteiger partial charge in [0.25, 0.3) is 0 Å². The number of nitrogens with one attached hydrogen (secondary N) is 1. The first-order chi connectivity index (χ1) is 5.88. The molecule has 1 heterocycles. The van der Waals surface area contributed by atoms with E-state index in [4.69, 9.17) is 0 Å².